The standard InChI is InChI=1S/C22H22FNO5/c1-13-22(14(2)29-24-13)17-8-15(9-19(10-17)27-3)12-28-18-6-4-16(20(23)11-18)5-7-21(25)26/h4,6,8-11H,5,7,12H2,1-3H3,(H,25,26). The van der Waals surface area contributed by atoms with E-state index in [1.807, 2.05) is 32.0 Å². The monoisotopic (exact) mass is 399 g/mol. The second kappa shape index (κ2) is 8.77. The van der Waals surface area contributed by atoms with Crippen molar-refractivity contribution in [2.24, 2.45) is 0 Å². The van der Waals surface area contributed by atoms with Gasteiger partial charge in [-0.15, -0.1) is 0 Å². The SMILES string of the molecule is COc1cc(COc2ccc(CCC(=O)O)c(F)c2)cc(-c2c(C)noc2C)c1. The number of hydrogen-bond donors (Lipinski definition) is 1. The van der Waals surface area contributed by atoms with E-state index in [-0.39, 0.29) is 19.4 Å². The first-order valence-corrected chi connectivity index (χ1v) is 9.11. The van der Waals surface area contributed by atoms with Gasteiger partial charge in [-0.1, -0.05) is 11.2 Å². The van der Waals surface area contributed by atoms with Crippen LogP contribution in [0.2, 0.25) is 0 Å². The van der Waals surface area contributed by atoms with Gasteiger partial charge in [-0.2, -0.15) is 0 Å². The summed E-state index contributed by atoms with van der Waals surface area (Å²) in [6.07, 6.45) is 0.0174. The molecule has 0 aliphatic heterocycles. The van der Waals surface area contributed by atoms with E-state index in [1.54, 1.807) is 19.2 Å². The van der Waals surface area contributed by atoms with E-state index in [0.29, 0.717) is 22.8 Å². The van der Waals surface area contributed by atoms with E-state index in [1.165, 1.54) is 6.07 Å². The minimum Gasteiger partial charge on any atom is -0.497 e. The fourth-order valence-electron chi connectivity index (χ4n) is 3.13. The third kappa shape index (κ3) is 4.93. The van der Waals surface area contributed by atoms with Crippen molar-refractivity contribution in [2.45, 2.75) is 33.3 Å². The van der Waals surface area contributed by atoms with Gasteiger partial charge < -0.3 is 19.1 Å². The van der Waals surface area contributed by atoms with Crippen LogP contribution in [0.3, 0.4) is 0 Å². The van der Waals surface area contributed by atoms with Crippen molar-refractivity contribution in [1.29, 1.82) is 0 Å². The summed E-state index contributed by atoms with van der Waals surface area (Å²) in [6, 6.07) is 10.1. The number of carboxylic acids is 1. The van der Waals surface area contributed by atoms with Gasteiger partial charge in [-0.3, -0.25) is 4.79 Å². The van der Waals surface area contributed by atoms with Crippen molar-refractivity contribution in [3.63, 3.8) is 0 Å². The number of ether oxygens (including phenoxy) is 2. The zero-order valence-corrected chi connectivity index (χ0v) is 16.5. The summed E-state index contributed by atoms with van der Waals surface area (Å²) in [5.74, 6) is 0.295. The lowest BCUT2D eigenvalue weighted by atomic mass is 10.0. The van der Waals surface area contributed by atoms with Gasteiger partial charge in [0, 0.05) is 18.1 Å². The maximum atomic E-state index is 14.2. The molecule has 29 heavy (non-hydrogen) atoms. The highest BCUT2D eigenvalue weighted by molar-refractivity contribution is 5.70. The van der Waals surface area contributed by atoms with Gasteiger partial charge in [0.2, 0.25) is 0 Å². The van der Waals surface area contributed by atoms with Crippen LogP contribution in [0, 0.1) is 19.7 Å². The predicted octanol–water partition coefficient (Wildman–Crippen LogP) is 4.70. The Balaban J connectivity index is 1.78. The van der Waals surface area contributed by atoms with Crippen LogP contribution in [0.1, 0.15) is 29.0 Å². The van der Waals surface area contributed by atoms with Gasteiger partial charge in [-0.25, -0.2) is 4.39 Å². The number of benzene rings is 2. The molecule has 0 saturated carbocycles. The van der Waals surface area contributed by atoms with Gasteiger partial charge in [0.25, 0.3) is 0 Å². The van der Waals surface area contributed by atoms with E-state index < -0.39 is 11.8 Å². The topological polar surface area (TPSA) is 81.8 Å². The summed E-state index contributed by atoms with van der Waals surface area (Å²) < 4.78 is 30.6. The van der Waals surface area contributed by atoms with Crippen molar-refractivity contribution < 1.29 is 28.3 Å². The molecule has 0 saturated heterocycles. The highest BCUT2D eigenvalue weighted by atomic mass is 19.1. The van der Waals surface area contributed by atoms with Gasteiger partial charge in [0.15, 0.2) is 0 Å². The number of aromatic nitrogens is 1. The fourth-order valence-corrected chi connectivity index (χ4v) is 3.13. The van der Waals surface area contributed by atoms with E-state index in [2.05, 4.69) is 5.16 Å². The van der Waals surface area contributed by atoms with Crippen LogP contribution in [0.4, 0.5) is 4.39 Å². The quantitative estimate of drug-likeness (QED) is 0.591. The zero-order valence-electron chi connectivity index (χ0n) is 16.5. The molecule has 0 spiro atoms. The number of nitrogens with zero attached hydrogens (tertiary/aromatic N) is 1. The van der Waals surface area contributed by atoms with Crippen LogP contribution in [0.25, 0.3) is 11.1 Å². The second-order valence-corrected chi connectivity index (χ2v) is 6.70. The number of aryl methyl sites for hydroxylation is 3. The van der Waals surface area contributed by atoms with Crippen LogP contribution in [-0.2, 0) is 17.8 Å². The zero-order chi connectivity index (χ0) is 21.0. The molecule has 152 valence electrons. The Hall–Kier alpha value is -3.35. The van der Waals surface area contributed by atoms with Crippen LogP contribution in [-0.4, -0.2) is 23.3 Å². The molecule has 0 aliphatic rings. The molecule has 3 aromatic rings. The summed E-state index contributed by atoms with van der Waals surface area (Å²) in [7, 11) is 1.59. The molecule has 2 aromatic carbocycles. The molecule has 0 unspecified atom stereocenters. The number of halogens is 1. The first kappa shape index (κ1) is 20.4. The number of methoxy groups -OCH3 is 1. The molecule has 1 heterocycles. The number of carboxylic acid groups (broad SMARTS) is 1. The van der Waals surface area contributed by atoms with E-state index in [9.17, 15) is 9.18 Å². The Morgan fingerprint density at radius 1 is 1.17 bits per heavy atom. The Labute approximate surface area is 167 Å². The first-order chi connectivity index (χ1) is 13.9. The minimum absolute atomic E-state index is 0.120. The van der Waals surface area contributed by atoms with Crippen LogP contribution in [0.15, 0.2) is 40.9 Å². The minimum atomic E-state index is -0.961. The average Bonchev–Trinajstić information content (AvgIpc) is 3.03. The van der Waals surface area contributed by atoms with Crippen LogP contribution < -0.4 is 9.47 Å². The Morgan fingerprint density at radius 3 is 2.59 bits per heavy atom. The number of carbonyl (C=O) groups is 1. The molecule has 0 radical (unpaired) electrons. The van der Waals surface area contributed by atoms with E-state index in [4.69, 9.17) is 19.1 Å². The summed E-state index contributed by atoms with van der Waals surface area (Å²) in [6.45, 7) is 3.93. The average molecular weight is 399 g/mol. The number of aliphatic carboxylic acids is 1. The van der Waals surface area contributed by atoms with Crippen LogP contribution in [0.5, 0.6) is 11.5 Å². The van der Waals surface area contributed by atoms with Crippen molar-refractivity contribution in [3.05, 3.63) is 64.8 Å². The van der Waals surface area contributed by atoms with Gasteiger partial charge >= 0.3 is 5.97 Å². The maximum Gasteiger partial charge on any atom is 0.303 e. The molecule has 0 aliphatic carbocycles. The summed E-state index contributed by atoms with van der Waals surface area (Å²) >= 11 is 0. The lowest BCUT2D eigenvalue weighted by Crippen LogP contribution is -2.01. The third-order valence-corrected chi connectivity index (χ3v) is 4.56. The molecule has 0 fully saturated rings. The maximum absolute atomic E-state index is 14.2. The molecule has 1 N–H and O–H groups in total. The van der Waals surface area contributed by atoms with Gasteiger partial charge in [0.1, 0.15) is 29.7 Å². The summed E-state index contributed by atoms with van der Waals surface area (Å²) in [4.78, 5) is 10.7. The normalized spacial score (nSPS) is 10.8. The largest absolute Gasteiger partial charge is 0.497 e. The smallest absolute Gasteiger partial charge is 0.303 e. The molecule has 0 bridgehead atoms. The molecular formula is C22H22FNO5. The second-order valence-electron chi connectivity index (χ2n) is 6.70. The molecule has 6 nitrogen and oxygen atoms in total. The molecular weight excluding hydrogens is 377 g/mol. The Morgan fingerprint density at radius 2 is 1.97 bits per heavy atom. The summed E-state index contributed by atoms with van der Waals surface area (Å²) in [5, 5.41) is 12.7. The lowest BCUT2D eigenvalue weighted by Gasteiger charge is -2.11. The Bertz CT molecular complexity index is 1010. The molecule has 0 atom stereocenters. The van der Waals surface area contributed by atoms with Crippen molar-refractivity contribution in [3.8, 4) is 22.6 Å². The van der Waals surface area contributed by atoms with Crippen molar-refractivity contribution >= 4 is 5.97 Å². The van der Waals surface area contributed by atoms with E-state index >= 15 is 0 Å². The number of hydrogen-bond acceptors (Lipinski definition) is 5. The fraction of sp³-hybridized carbons (Fsp3) is 0.273. The summed E-state index contributed by atoms with van der Waals surface area (Å²) in [5.41, 5.74) is 3.77. The van der Waals surface area contributed by atoms with Crippen molar-refractivity contribution in [1.82, 2.24) is 5.16 Å². The van der Waals surface area contributed by atoms with Gasteiger partial charge in [-0.05, 0) is 61.2 Å². The van der Waals surface area contributed by atoms with Crippen LogP contribution >= 0.6 is 0 Å². The van der Waals surface area contributed by atoms with Gasteiger partial charge in [0.05, 0.1) is 12.8 Å². The predicted molar refractivity (Wildman–Crippen MR) is 105 cm³/mol. The molecule has 1 aromatic heterocycles. The Kier molecular flexibility index (Phi) is 6.16. The first-order valence-electron chi connectivity index (χ1n) is 9.11. The van der Waals surface area contributed by atoms with E-state index in [0.717, 1.165) is 22.4 Å². The third-order valence-electron chi connectivity index (χ3n) is 4.56. The molecule has 7 heteroatoms. The van der Waals surface area contributed by atoms with Crippen molar-refractivity contribution in [2.75, 3.05) is 7.11 Å². The number of rotatable bonds is 8. The highest BCUT2D eigenvalue weighted by Gasteiger charge is 2.14. The highest BCUT2D eigenvalue weighted by Crippen LogP contribution is 2.31. The molecule has 0 amide bonds. The molecule has 3 rings (SSSR count). The lowest BCUT2D eigenvalue weighted by molar-refractivity contribution is -0.136.